The van der Waals surface area contributed by atoms with Gasteiger partial charge in [0.05, 0.1) is 11.9 Å². The Morgan fingerprint density at radius 1 is 1.75 bits per heavy atom. The molecule has 4 N–H and O–H groups in total. The largest absolute Gasteiger partial charge is 0.396 e. The second-order valence-electron chi connectivity index (χ2n) is 3.18. The molecule has 1 atom stereocenters. The van der Waals surface area contributed by atoms with Crippen LogP contribution < -0.4 is 11.1 Å². The van der Waals surface area contributed by atoms with Crippen LogP contribution in [0.15, 0.2) is 6.20 Å². The summed E-state index contributed by atoms with van der Waals surface area (Å²) in [6.07, 6.45) is -3.51. The molecule has 1 rings (SSSR count). The third-order valence-electron chi connectivity index (χ3n) is 1.94. The molecule has 8 heteroatoms. The molecule has 0 bridgehead atoms. The first-order chi connectivity index (χ1) is 7.43. The number of amides is 1. The van der Waals surface area contributed by atoms with Gasteiger partial charge in [0.15, 0.2) is 0 Å². The molecule has 0 spiro atoms. The summed E-state index contributed by atoms with van der Waals surface area (Å²) < 4.78 is 25.1. The van der Waals surface area contributed by atoms with Crippen LogP contribution in [0.5, 0.6) is 0 Å². The van der Waals surface area contributed by atoms with Gasteiger partial charge >= 0.3 is 0 Å². The fraction of sp³-hybridized carbons (Fsp3) is 0.500. The Labute approximate surface area is 90.0 Å². The van der Waals surface area contributed by atoms with Gasteiger partial charge < -0.3 is 16.2 Å². The van der Waals surface area contributed by atoms with Crippen molar-refractivity contribution < 1.29 is 18.7 Å². The van der Waals surface area contributed by atoms with Crippen molar-refractivity contribution >= 4 is 11.6 Å². The zero-order valence-corrected chi connectivity index (χ0v) is 8.52. The van der Waals surface area contributed by atoms with E-state index < -0.39 is 25.0 Å². The van der Waals surface area contributed by atoms with Crippen molar-refractivity contribution in [1.82, 2.24) is 15.1 Å². The summed E-state index contributed by atoms with van der Waals surface area (Å²) in [4.78, 5) is 11.5. The highest BCUT2D eigenvalue weighted by atomic mass is 19.3. The number of alkyl halides is 2. The number of nitrogen functional groups attached to an aromatic ring is 1. The van der Waals surface area contributed by atoms with Gasteiger partial charge in [-0.2, -0.15) is 5.10 Å². The molecule has 90 valence electrons. The quantitative estimate of drug-likeness (QED) is 0.646. The molecule has 1 heterocycles. The summed E-state index contributed by atoms with van der Waals surface area (Å²) in [6.45, 7) is -0.541. The highest BCUT2D eigenvalue weighted by Crippen LogP contribution is 2.08. The number of anilines is 1. The van der Waals surface area contributed by atoms with E-state index in [1.165, 1.54) is 17.9 Å². The molecule has 0 fully saturated rings. The van der Waals surface area contributed by atoms with E-state index in [1.54, 1.807) is 0 Å². The summed E-state index contributed by atoms with van der Waals surface area (Å²) in [7, 11) is 1.49. The topological polar surface area (TPSA) is 93.2 Å². The average molecular weight is 234 g/mol. The summed E-state index contributed by atoms with van der Waals surface area (Å²) in [5.74, 6) is -0.655. The minimum atomic E-state index is -2.90. The van der Waals surface area contributed by atoms with E-state index in [2.05, 4.69) is 10.4 Å². The zero-order chi connectivity index (χ0) is 12.3. The van der Waals surface area contributed by atoms with Gasteiger partial charge in [-0.05, 0) is 0 Å². The fourth-order valence-electron chi connectivity index (χ4n) is 1.10. The normalized spacial score (nSPS) is 12.8. The number of aromatic nitrogens is 2. The number of aliphatic hydroxyl groups excluding tert-OH is 1. The van der Waals surface area contributed by atoms with Crippen LogP contribution in [0.2, 0.25) is 0 Å². The standard InChI is InChI=1S/C8H12F2N4O2/c1-14-6(4(11)2-13-14)8(16)12-3-5(15)7(9)10/h2,5,7,15H,3,11H2,1H3,(H,12,16). The number of aliphatic hydroxyl groups is 1. The van der Waals surface area contributed by atoms with Crippen LogP contribution in [0.25, 0.3) is 0 Å². The number of aryl methyl sites for hydroxylation is 1. The number of carbonyl (C=O) groups excluding carboxylic acids is 1. The Morgan fingerprint density at radius 3 is 2.81 bits per heavy atom. The molecule has 0 saturated heterocycles. The molecule has 1 unspecified atom stereocenters. The predicted octanol–water partition coefficient (Wildman–Crippen LogP) is -0.642. The van der Waals surface area contributed by atoms with Crippen LogP contribution in [0.3, 0.4) is 0 Å². The van der Waals surface area contributed by atoms with Gasteiger partial charge in [0, 0.05) is 13.6 Å². The monoisotopic (exact) mass is 234 g/mol. The third-order valence-corrected chi connectivity index (χ3v) is 1.94. The van der Waals surface area contributed by atoms with Crippen LogP contribution >= 0.6 is 0 Å². The van der Waals surface area contributed by atoms with Gasteiger partial charge in [0.2, 0.25) is 0 Å². The molecule has 0 aliphatic carbocycles. The van der Waals surface area contributed by atoms with Gasteiger partial charge in [-0.3, -0.25) is 9.48 Å². The Bertz CT molecular complexity index is 361. The first-order valence-electron chi connectivity index (χ1n) is 4.45. The van der Waals surface area contributed by atoms with Gasteiger partial charge in [0.1, 0.15) is 11.8 Å². The number of carbonyl (C=O) groups is 1. The molecule has 6 nitrogen and oxygen atoms in total. The highest BCUT2D eigenvalue weighted by Gasteiger charge is 2.20. The molecule has 0 aromatic carbocycles. The number of nitrogens with two attached hydrogens (primary N) is 1. The van der Waals surface area contributed by atoms with Gasteiger partial charge in [0.25, 0.3) is 12.3 Å². The number of hydrogen-bond acceptors (Lipinski definition) is 4. The molecular formula is C8H12F2N4O2. The van der Waals surface area contributed by atoms with E-state index in [9.17, 15) is 13.6 Å². The van der Waals surface area contributed by atoms with Crippen LogP contribution in [-0.4, -0.2) is 39.9 Å². The smallest absolute Gasteiger partial charge is 0.271 e. The van der Waals surface area contributed by atoms with E-state index in [4.69, 9.17) is 10.8 Å². The third kappa shape index (κ3) is 2.66. The summed E-state index contributed by atoms with van der Waals surface area (Å²) >= 11 is 0. The Morgan fingerprint density at radius 2 is 2.38 bits per heavy atom. The van der Waals surface area contributed by atoms with E-state index >= 15 is 0 Å². The van der Waals surface area contributed by atoms with Crippen molar-refractivity contribution in [3.63, 3.8) is 0 Å². The lowest BCUT2D eigenvalue weighted by Gasteiger charge is -2.10. The predicted molar refractivity (Wildman–Crippen MR) is 52.0 cm³/mol. The Balaban J connectivity index is 2.60. The minimum absolute atomic E-state index is 0.0708. The van der Waals surface area contributed by atoms with Crippen molar-refractivity contribution in [2.75, 3.05) is 12.3 Å². The highest BCUT2D eigenvalue weighted by molar-refractivity contribution is 5.97. The Kier molecular flexibility index (Phi) is 3.78. The van der Waals surface area contributed by atoms with Gasteiger partial charge in [-0.25, -0.2) is 8.78 Å². The number of hydrogen-bond donors (Lipinski definition) is 3. The maximum absolute atomic E-state index is 11.9. The molecular weight excluding hydrogens is 222 g/mol. The van der Waals surface area contributed by atoms with E-state index in [0.717, 1.165) is 0 Å². The SMILES string of the molecule is Cn1ncc(N)c1C(=O)NCC(O)C(F)F. The minimum Gasteiger partial charge on any atom is -0.396 e. The van der Waals surface area contributed by atoms with Crippen molar-refractivity contribution in [2.45, 2.75) is 12.5 Å². The number of halogens is 2. The Hall–Kier alpha value is -1.70. The lowest BCUT2D eigenvalue weighted by molar-refractivity contribution is -0.00274. The molecule has 1 aromatic heterocycles. The first-order valence-corrected chi connectivity index (χ1v) is 4.45. The van der Waals surface area contributed by atoms with Crippen LogP contribution in [0.4, 0.5) is 14.5 Å². The molecule has 1 amide bonds. The maximum Gasteiger partial charge on any atom is 0.271 e. The van der Waals surface area contributed by atoms with Crippen LogP contribution in [0, 0.1) is 0 Å². The van der Waals surface area contributed by atoms with Crippen molar-refractivity contribution in [1.29, 1.82) is 0 Å². The molecule has 16 heavy (non-hydrogen) atoms. The van der Waals surface area contributed by atoms with Gasteiger partial charge in [-0.1, -0.05) is 0 Å². The van der Waals surface area contributed by atoms with Crippen molar-refractivity contribution in [3.05, 3.63) is 11.9 Å². The number of nitrogens with one attached hydrogen (secondary N) is 1. The molecule has 0 aliphatic rings. The molecule has 0 saturated carbocycles. The second kappa shape index (κ2) is 4.88. The lowest BCUT2D eigenvalue weighted by atomic mass is 10.3. The van der Waals surface area contributed by atoms with Crippen molar-refractivity contribution in [2.24, 2.45) is 7.05 Å². The molecule has 0 aliphatic heterocycles. The second-order valence-corrected chi connectivity index (χ2v) is 3.18. The van der Waals surface area contributed by atoms with Crippen molar-refractivity contribution in [3.8, 4) is 0 Å². The summed E-state index contributed by atoms with van der Waals surface area (Å²) in [5.41, 5.74) is 5.67. The first kappa shape index (κ1) is 12.4. The maximum atomic E-state index is 11.9. The number of nitrogens with zero attached hydrogens (tertiary/aromatic N) is 2. The van der Waals surface area contributed by atoms with E-state index in [-0.39, 0.29) is 11.4 Å². The average Bonchev–Trinajstić information content (AvgIpc) is 2.54. The molecule has 0 radical (unpaired) electrons. The number of rotatable bonds is 4. The summed E-state index contributed by atoms with van der Waals surface area (Å²) in [6, 6.07) is 0. The zero-order valence-electron chi connectivity index (χ0n) is 8.52. The van der Waals surface area contributed by atoms with E-state index in [1.807, 2.05) is 0 Å². The van der Waals surface area contributed by atoms with Crippen LogP contribution in [-0.2, 0) is 7.05 Å². The van der Waals surface area contributed by atoms with Gasteiger partial charge in [-0.15, -0.1) is 0 Å². The van der Waals surface area contributed by atoms with E-state index in [0.29, 0.717) is 0 Å². The fourth-order valence-corrected chi connectivity index (χ4v) is 1.10. The summed E-state index contributed by atoms with van der Waals surface area (Å²) in [5, 5.41) is 14.7. The lowest BCUT2D eigenvalue weighted by Crippen LogP contribution is -2.36. The van der Waals surface area contributed by atoms with Crippen LogP contribution in [0.1, 0.15) is 10.5 Å². The molecule has 1 aromatic rings.